The van der Waals surface area contributed by atoms with Crippen molar-refractivity contribution >= 4 is 16.9 Å². The van der Waals surface area contributed by atoms with Crippen LogP contribution in [0.2, 0.25) is 0 Å². The fourth-order valence-corrected chi connectivity index (χ4v) is 5.28. The number of hydrogen-bond acceptors (Lipinski definition) is 5. The van der Waals surface area contributed by atoms with Crippen LogP contribution in [0.15, 0.2) is 78.9 Å². The van der Waals surface area contributed by atoms with Crippen molar-refractivity contribution in [3.05, 3.63) is 101 Å². The normalized spacial score (nSPS) is 18.3. The average Bonchev–Trinajstić information content (AvgIpc) is 3.43. The quantitative estimate of drug-likeness (QED) is 0.301. The van der Waals surface area contributed by atoms with E-state index in [4.69, 9.17) is 18.9 Å². The number of benzene rings is 4. The number of hydrogen-bond donors (Lipinski definition) is 1. The Bertz CT molecular complexity index is 1490. The molecule has 1 N–H and O–H groups in total. The van der Waals surface area contributed by atoms with Gasteiger partial charge < -0.3 is 29.0 Å². The van der Waals surface area contributed by atoms with Gasteiger partial charge in [0.2, 0.25) is 6.79 Å². The first-order chi connectivity index (χ1) is 19.0. The molecule has 1 saturated heterocycles. The predicted octanol–water partition coefficient (Wildman–Crippen LogP) is 6.34. The molecule has 39 heavy (non-hydrogen) atoms. The summed E-state index contributed by atoms with van der Waals surface area (Å²) < 4.78 is 37.1. The summed E-state index contributed by atoms with van der Waals surface area (Å²) in [5.41, 5.74) is 2.82. The number of carboxylic acid groups (broad SMARTS) is 1. The van der Waals surface area contributed by atoms with E-state index in [-0.39, 0.29) is 37.8 Å². The van der Waals surface area contributed by atoms with Crippen molar-refractivity contribution in [1.29, 1.82) is 0 Å². The minimum atomic E-state index is -0.967. The fourth-order valence-electron chi connectivity index (χ4n) is 5.28. The number of nitrogens with zero attached hydrogens (tertiary/aromatic N) is 1. The van der Waals surface area contributed by atoms with Crippen LogP contribution >= 0.6 is 0 Å². The summed E-state index contributed by atoms with van der Waals surface area (Å²) in [5, 5.41) is 11.6. The van der Waals surface area contributed by atoms with Crippen molar-refractivity contribution in [2.24, 2.45) is 0 Å². The zero-order valence-corrected chi connectivity index (χ0v) is 21.2. The van der Waals surface area contributed by atoms with Gasteiger partial charge in [0.1, 0.15) is 18.2 Å². The van der Waals surface area contributed by atoms with E-state index in [1.807, 2.05) is 48.5 Å². The lowest BCUT2D eigenvalue weighted by Gasteiger charge is -2.37. The summed E-state index contributed by atoms with van der Waals surface area (Å²) in [6.07, 6.45) is -0.736. The summed E-state index contributed by atoms with van der Waals surface area (Å²) in [6, 6.07) is 24.2. The Morgan fingerprint density at radius 3 is 2.62 bits per heavy atom. The van der Waals surface area contributed by atoms with Crippen LogP contribution in [0.5, 0.6) is 17.2 Å². The van der Waals surface area contributed by atoms with Crippen LogP contribution in [0.4, 0.5) is 9.18 Å². The Labute approximate surface area is 225 Å². The Morgan fingerprint density at radius 2 is 1.77 bits per heavy atom. The van der Waals surface area contributed by atoms with Crippen LogP contribution in [0.25, 0.3) is 10.8 Å². The summed E-state index contributed by atoms with van der Waals surface area (Å²) in [6.45, 7) is 1.51. The number of amides is 1. The number of carbonyl (C=O) groups is 1. The first-order valence-electron chi connectivity index (χ1n) is 12.9. The molecular weight excluding hydrogens is 501 g/mol. The zero-order chi connectivity index (χ0) is 26.8. The lowest BCUT2D eigenvalue weighted by Crippen LogP contribution is -2.46. The minimum absolute atomic E-state index is 0.0385. The number of piperidine rings is 1. The second-order valence-electron chi connectivity index (χ2n) is 9.82. The van der Waals surface area contributed by atoms with Gasteiger partial charge in [-0.2, -0.15) is 0 Å². The Kier molecular flexibility index (Phi) is 6.94. The average molecular weight is 530 g/mol. The highest BCUT2D eigenvalue weighted by Crippen LogP contribution is 2.35. The molecule has 2 aliphatic rings. The molecular formula is C31H28FNO6. The van der Waals surface area contributed by atoms with E-state index in [2.05, 4.69) is 6.07 Å². The van der Waals surface area contributed by atoms with Gasteiger partial charge in [-0.25, -0.2) is 9.18 Å². The highest BCUT2D eigenvalue weighted by atomic mass is 19.1. The molecule has 0 radical (unpaired) electrons. The molecule has 2 heterocycles. The summed E-state index contributed by atoms with van der Waals surface area (Å²) in [5.74, 6) is 1.83. The van der Waals surface area contributed by atoms with E-state index in [0.717, 1.165) is 39.0 Å². The van der Waals surface area contributed by atoms with Gasteiger partial charge in [0.05, 0.1) is 19.3 Å². The van der Waals surface area contributed by atoms with Crippen molar-refractivity contribution in [1.82, 2.24) is 4.90 Å². The van der Waals surface area contributed by atoms with Gasteiger partial charge in [-0.3, -0.25) is 0 Å². The van der Waals surface area contributed by atoms with Crippen molar-refractivity contribution < 1.29 is 33.2 Å². The third kappa shape index (κ3) is 5.47. The van der Waals surface area contributed by atoms with Crippen molar-refractivity contribution in [3.8, 4) is 17.2 Å². The fraction of sp³-hybridized carbons (Fsp3) is 0.258. The number of halogens is 1. The van der Waals surface area contributed by atoms with Gasteiger partial charge in [0.15, 0.2) is 11.5 Å². The second kappa shape index (κ2) is 10.8. The molecule has 4 aromatic rings. The van der Waals surface area contributed by atoms with E-state index in [9.17, 15) is 14.3 Å². The molecule has 2 unspecified atom stereocenters. The number of ether oxygens (including phenoxy) is 4. The summed E-state index contributed by atoms with van der Waals surface area (Å²) >= 11 is 0. The Balaban J connectivity index is 1.22. The first kappa shape index (κ1) is 25.0. The molecule has 2 atom stereocenters. The van der Waals surface area contributed by atoms with E-state index in [1.165, 1.54) is 17.0 Å². The number of fused-ring (bicyclic) bond motifs is 2. The van der Waals surface area contributed by atoms with E-state index in [1.54, 1.807) is 12.1 Å². The van der Waals surface area contributed by atoms with Gasteiger partial charge in [-0.1, -0.05) is 42.5 Å². The van der Waals surface area contributed by atoms with Crippen molar-refractivity contribution in [3.63, 3.8) is 0 Å². The molecule has 200 valence electrons. The minimum Gasteiger partial charge on any atom is -0.488 e. The maximum atomic E-state index is 13.5. The molecule has 0 saturated carbocycles. The lowest BCUT2D eigenvalue weighted by atomic mass is 9.87. The van der Waals surface area contributed by atoms with Crippen LogP contribution in [0.1, 0.15) is 29.0 Å². The second-order valence-corrected chi connectivity index (χ2v) is 9.82. The van der Waals surface area contributed by atoms with Crippen molar-refractivity contribution in [2.45, 2.75) is 31.7 Å². The molecule has 7 nitrogen and oxygen atoms in total. The topological polar surface area (TPSA) is 77.5 Å². The van der Waals surface area contributed by atoms with E-state index < -0.39 is 6.09 Å². The van der Waals surface area contributed by atoms with Crippen LogP contribution in [-0.4, -0.2) is 42.1 Å². The van der Waals surface area contributed by atoms with Gasteiger partial charge >= 0.3 is 6.09 Å². The monoisotopic (exact) mass is 529 g/mol. The first-order valence-corrected chi connectivity index (χ1v) is 12.9. The third-order valence-electron chi connectivity index (χ3n) is 7.31. The number of likely N-dealkylation sites (tertiary alicyclic amines) is 1. The highest BCUT2D eigenvalue weighted by molar-refractivity contribution is 5.89. The maximum Gasteiger partial charge on any atom is 0.407 e. The lowest BCUT2D eigenvalue weighted by molar-refractivity contribution is -0.0199. The van der Waals surface area contributed by atoms with Crippen LogP contribution in [-0.2, 0) is 18.0 Å². The van der Waals surface area contributed by atoms with Gasteiger partial charge in [-0.05, 0) is 64.9 Å². The molecule has 0 aromatic heterocycles. The highest BCUT2D eigenvalue weighted by Gasteiger charge is 2.33. The maximum absolute atomic E-state index is 13.5. The summed E-state index contributed by atoms with van der Waals surface area (Å²) in [7, 11) is 0. The largest absolute Gasteiger partial charge is 0.488 e. The molecule has 0 spiro atoms. The van der Waals surface area contributed by atoms with Crippen LogP contribution in [0, 0.1) is 5.82 Å². The third-order valence-corrected chi connectivity index (χ3v) is 7.31. The standard InChI is InChI=1S/C31H28FNO6/c32-24-8-6-22(7-9-24)26-11-12-33(31(34)35)16-30(26)37-18-21-13-23-3-1-2-4-25(23)28(15-21)36-17-20-5-10-27-29(14-20)39-19-38-27/h1-10,13-15,26,30H,11-12,16-19H2,(H,34,35). The molecule has 1 fully saturated rings. The smallest absolute Gasteiger partial charge is 0.407 e. The Hall–Kier alpha value is -4.30. The van der Waals surface area contributed by atoms with E-state index in [0.29, 0.717) is 25.3 Å². The Morgan fingerprint density at radius 1 is 0.949 bits per heavy atom. The molecule has 0 bridgehead atoms. The van der Waals surface area contributed by atoms with Gasteiger partial charge in [0, 0.05) is 17.8 Å². The van der Waals surface area contributed by atoms with Gasteiger partial charge in [-0.15, -0.1) is 0 Å². The van der Waals surface area contributed by atoms with Gasteiger partial charge in [0.25, 0.3) is 0 Å². The molecule has 6 rings (SSSR count). The zero-order valence-electron chi connectivity index (χ0n) is 21.2. The van der Waals surface area contributed by atoms with Crippen molar-refractivity contribution in [2.75, 3.05) is 19.9 Å². The molecule has 1 amide bonds. The number of rotatable bonds is 7. The molecule has 0 aliphatic carbocycles. The summed E-state index contributed by atoms with van der Waals surface area (Å²) in [4.78, 5) is 13.1. The molecule has 8 heteroatoms. The molecule has 4 aromatic carbocycles. The van der Waals surface area contributed by atoms with Crippen LogP contribution in [0.3, 0.4) is 0 Å². The predicted molar refractivity (Wildman–Crippen MR) is 143 cm³/mol. The SMILES string of the molecule is O=C(O)N1CCC(c2ccc(F)cc2)C(OCc2cc(OCc3ccc4c(c3)OCO4)c3ccccc3c2)C1. The van der Waals surface area contributed by atoms with E-state index >= 15 is 0 Å². The molecule has 2 aliphatic heterocycles. The van der Waals surface area contributed by atoms with Crippen LogP contribution < -0.4 is 14.2 Å².